The first-order valence-corrected chi connectivity index (χ1v) is 6.47. The molecule has 0 N–H and O–H groups in total. The monoisotopic (exact) mass is 223 g/mol. The third kappa shape index (κ3) is 2.63. The summed E-state index contributed by atoms with van der Waals surface area (Å²) in [5, 5.41) is 1.43. The third-order valence-corrected chi connectivity index (χ3v) is 5.01. The van der Waals surface area contributed by atoms with Gasteiger partial charge in [-0.25, -0.2) is 0 Å². The van der Waals surface area contributed by atoms with Crippen molar-refractivity contribution in [3.8, 4) is 0 Å². The summed E-state index contributed by atoms with van der Waals surface area (Å²) in [6, 6.07) is 0. The van der Waals surface area contributed by atoms with E-state index >= 15 is 0 Å². The van der Waals surface area contributed by atoms with E-state index in [9.17, 15) is 0 Å². The van der Waals surface area contributed by atoms with Gasteiger partial charge in [0.25, 0.3) is 0 Å². The van der Waals surface area contributed by atoms with E-state index in [1.54, 1.807) is 0 Å². The first-order chi connectivity index (χ1) is 6.68. The summed E-state index contributed by atoms with van der Waals surface area (Å²) in [5.74, 6) is 0. The Kier molecular flexibility index (Phi) is 3.35. The van der Waals surface area contributed by atoms with Crippen molar-refractivity contribution in [1.82, 2.24) is 0 Å². The highest BCUT2D eigenvalue weighted by Crippen LogP contribution is 2.56. The molecule has 0 aliphatic carbocycles. The van der Waals surface area contributed by atoms with E-state index in [0.29, 0.717) is 5.41 Å². The predicted molar refractivity (Wildman–Crippen MR) is 71.6 cm³/mol. The molecule has 1 aliphatic heterocycles. The highest BCUT2D eigenvalue weighted by atomic mass is 32.2. The van der Waals surface area contributed by atoms with Crippen LogP contribution in [-0.4, -0.2) is 0 Å². The molecule has 1 rings (SSSR count). The van der Waals surface area contributed by atoms with Crippen LogP contribution in [0.5, 0.6) is 0 Å². The number of hydrogen-bond acceptors (Lipinski definition) is 1. The normalized spacial score (nSPS) is 18.4. The Bertz CT molecular complexity index is 289. The Morgan fingerprint density at radius 1 is 1.27 bits per heavy atom. The van der Waals surface area contributed by atoms with Crippen molar-refractivity contribution in [3.63, 3.8) is 0 Å². The Hall–Kier alpha value is -0.300. The van der Waals surface area contributed by atoms with Crippen molar-refractivity contribution in [2.45, 2.75) is 48.0 Å². The molecule has 0 saturated carbocycles. The van der Waals surface area contributed by atoms with Crippen molar-refractivity contribution in [2.75, 3.05) is 0 Å². The molecule has 0 saturated heterocycles. The van der Waals surface area contributed by atoms with Crippen LogP contribution in [0, 0.1) is 16.1 Å². The molecule has 0 aromatic carbocycles. The van der Waals surface area contributed by atoms with Gasteiger partial charge >= 0.3 is 0 Å². The number of allylic oxidation sites excluding steroid dienone is 2. The number of hydrogen-bond donors (Lipinski definition) is 0. The molecule has 15 heavy (non-hydrogen) atoms. The quantitative estimate of drug-likeness (QED) is 0.581. The molecule has 0 fully saturated rings. The Labute approximate surface area is 99.2 Å². The minimum atomic E-state index is 0.226. The van der Waals surface area contributed by atoms with Crippen LogP contribution >= 0.6 is 11.8 Å². The standard InChI is InChI=1S/C14H23S/c1-8-14(6,7)11-9-10(2)12(15-11)13(3,4)5/h9H,2,8H2,1,3-7H3/q+1. The summed E-state index contributed by atoms with van der Waals surface area (Å²) in [7, 11) is 0. The van der Waals surface area contributed by atoms with Gasteiger partial charge in [0.1, 0.15) is 10.8 Å². The Morgan fingerprint density at radius 2 is 1.80 bits per heavy atom. The summed E-state index contributed by atoms with van der Waals surface area (Å²) in [4.78, 5) is 1.47. The third-order valence-electron chi connectivity index (χ3n) is 3.04. The van der Waals surface area contributed by atoms with E-state index in [1.807, 2.05) is 11.8 Å². The van der Waals surface area contributed by atoms with Gasteiger partial charge in [0.15, 0.2) is 0 Å². The number of thioether (sulfide) groups is 1. The Morgan fingerprint density at radius 3 is 2.13 bits per heavy atom. The SMILES string of the molecule is C=C1C=C(C(C)(C)CC)S[C+]1C(C)(C)C. The molecule has 0 aromatic rings. The van der Waals surface area contributed by atoms with E-state index in [0.717, 1.165) is 0 Å². The van der Waals surface area contributed by atoms with Crippen LogP contribution in [0.1, 0.15) is 48.0 Å². The van der Waals surface area contributed by atoms with Gasteiger partial charge in [-0.1, -0.05) is 20.8 Å². The molecule has 0 bridgehead atoms. The molecule has 1 heterocycles. The molecule has 0 unspecified atom stereocenters. The number of rotatable bonds is 2. The van der Waals surface area contributed by atoms with E-state index < -0.39 is 0 Å². The van der Waals surface area contributed by atoms with Crippen LogP contribution in [0.15, 0.2) is 23.1 Å². The van der Waals surface area contributed by atoms with Crippen LogP contribution < -0.4 is 0 Å². The lowest BCUT2D eigenvalue weighted by Crippen LogP contribution is -2.15. The van der Waals surface area contributed by atoms with Crippen molar-refractivity contribution in [2.24, 2.45) is 10.8 Å². The van der Waals surface area contributed by atoms with E-state index in [1.165, 1.54) is 22.1 Å². The fraction of sp³-hybridized carbons (Fsp3) is 0.643. The first-order valence-electron chi connectivity index (χ1n) is 5.65. The van der Waals surface area contributed by atoms with Crippen LogP contribution in [0.3, 0.4) is 0 Å². The van der Waals surface area contributed by atoms with Gasteiger partial charge in [-0.2, -0.15) is 0 Å². The molecule has 84 valence electrons. The first kappa shape index (κ1) is 12.8. The molecule has 0 nitrogen and oxygen atoms in total. The largest absolute Gasteiger partial charge is 0.138 e. The van der Waals surface area contributed by atoms with Gasteiger partial charge in [0, 0.05) is 17.4 Å². The van der Waals surface area contributed by atoms with Gasteiger partial charge < -0.3 is 0 Å². The summed E-state index contributed by atoms with van der Waals surface area (Å²) in [6.07, 6.45) is 3.45. The topological polar surface area (TPSA) is 0 Å². The molecule has 0 aromatic heterocycles. The fourth-order valence-corrected chi connectivity index (χ4v) is 2.91. The molecular weight excluding hydrogens is 200 g/mol. The summed E-state index contributed by atoms with van der Waals surface area (Å²) < 4.78 is 0. The smallest absolute Gasteiger partial charge is 0.0645 e. The van der Waals surface area contributed by atoms with Crippen LogP contribution in [0.2, 0.25) is 0 Å². The maximum absolute atomic E-state index is 4.17. The second-order valence-electron chi connectivity index (χ2n) is 5.95. The maximum atomic E-state index is 4.17. The van der Waals surface area contributed by atoms with E-state index in [4.69, 9.17) is 0 Å². The zero-order valence-electron chi connectivity index (χ0n) is 10.9. The second kappa shape index (κ2) is 3.93. The zero-order chi connectivity index (χ0) is 11.9. The summed E-state index contributed by atoms with van der Waals surface area (Å²) in [6.45, 7) is 17.8. The van der Waals surface area contributed by atoms with Crippen molar-refractivity contribution >= 4 is 11.8 Å². The van der Waals surface area contributed by atoms with E-state index in [-0.39, 0.29) is 5.41 Å². The highest BCUT2D eigenvalue weighted by molar-refractivity contribution is 8.06. The van der Waals surface area contributed by atoms with Gasteiger partial charge in [-0.3, -0.25) is 0 Å². The minimum Gasteiger partial charge on any atom is -0.0645 e. The fourth-order valence-electron chi connectivity index (χ4n) is 1.57. The molecule has 1 heteroatoms. The lowest BCUT2D eigenvalue weighted by atomic mass is 9.85. The lowest BCUT2D eigenvalue weighted by molar-refractivity contribution is 0.453. The lowest BCUT2D eigenvalue weighted by Gasteiger charge is -2.25. The molecule has 1 aliphatic rings. The highest BCUT2D eigenvalue weighted by Gasteiger charge is 2.43. The molecule has 0 amide bonds. The van der Waals surface area contributed by atoms with Crippen LogP contribution in [0.25, 0.3) is 0 Å². The maximum Gasteiger partial charge on any atom is 0.138 e. The van der Waals surface area contributed by atoms with Crippen LogP contribution in [0.4, 0.5) is 0 Å². The minimum absolute atomic E-state index is 0.226. The van der Waals surface area contributed by atoms with Crippen molar-refractivity contribution in [3.05, 3.63) is 28.4 Å². The van der Waals surface area contributed by atoms with Crippen molar-refractivity contribution in [1.29, 1.82) is 0 Å². The molecular formula is C14H23S+. The van der Waals surface area contributed by atoms with Gasteiger partial charge in [0.05, 0.1) is 11.0 Å². The van der Waals surface area contributed by atoms with Crippen LogP contribution in [-0.2, 0) is 0 Å². The average molecular weight is 223 g/mol. The summed E-state index contributed by atoms with van der Waals surface area (Å²) >= 11 is 1.94. The van der Waals surface area contributed by atoms with E-state index in [2.05, 4.69) is 54.2 Å². The van der Waals surface area contributed by atoms with Gasteiger partial charge in [0.2, 0.25) is 0 Å². The molecule has 0 spiro atoms. The predicted octanol–water partition coefficient (Wildman–Crippen LogP) is 5.19. The van der Waals surface area contributed by atoms with Gasteiger partial charge in [-0.05, 0) is 39.0 Å². The molecule has 0 atom stereocenters. The molecule has 0 radical (unpaired) electrons. The van der Waals surface area contributed by atoms with Gasteiger partial charge in [-0.15, -0.1) is 0 Å². The Balaban J connectivity index is 2.86. The average Bonchev–Trinajstić information content (AvgIpc) is 2.47. The zero-order valence-corrected chi connectivity index (χ0v) is 11.7. The van der Waals surface area contributed by atoms with Crippen molar-refractivity contribution < 1.29 is 0 Å². The summed E-state index contributed by atoms with van der Waals surface area (Å²) in [5.41, 5.74) is 1.73. The second-order valence-corrected chi connectivity index (χ2v) is 7.00.